The van der Waals surface area contributed by atoms with Gasteiger partial charge in [-0.2, -0.15) is 0 Å². The van der Waals surface area contributed by atoms with Gasteiger partial charge >= 0.3 is 0 Å². The van der Waals surface area contributed by atoms with Gasteiger partial charge in [0.05, 0.1) is 5.56 Å². The summed E-state index contributed by atoms with van der Waals surface area (Å²) in [5.41, 5.74) is 0.822. The quantitative estimate of drug-likeness (QED) is 0.833. The van der Waals surface area contributed by atoms with E-state index < -0.39 is 11.7 Å². The van der Waals surface area contributed by atoms with Crippen LogP contribution in [0.5, 0.6) is 5.75 Å². The molecule has 0 saturated heterocycles. The van der Waals surface area contributed by atoms with Crippen LogP contribution in [-0.4, -0.2) is 18.3 Å². The SMILES string of the molecule is CC(=O)c1cc(F)ccc1OCC(=O)NCc1ccc(F)cc1. The Balaban J connectivity index is 1.89. The number of halogens is 2. The smallest absolute Gasteiger partial charge is 0.258 e. The summed E-state index contributed by atoms with van der Waals surface area (Å²) in [5, 5.41) is 2.60. The largest absolute Gasteiger partial charge is 0.483 e. The third kappa shape index (κ3) is 4.88. The first-order valence-electron chi connectivity index (χ1n) is 6.90. The van der Waals surface area contributed by atoms with Crippen LogP contribution in [0.1, 0.15) is 22.8 Å². The number of ether oxygens (including phenoxy) is 1. The molecule has 0 aliphatic heterocycles. The van der Waals surface area contributed by atoms with Gasteiger partial charge in [-0.25, -0.2) is 8.78 Å². The normalized spacial score (nSPS) is 10.2. The topological polar surface area (TPSA) is 55.4 Å². The molecule has 0 radical (unpaired) electrons. The predicted octanol–water partition coefficient (Wildman–Crippen LogP) is 2.86. The van der Waals surface area contributed by atoms with Crippen molar-refractivity contribution < 1.29 is 23.1 Å². The van der Waals surface area contributed by atoms with Crippen LogP contribution in [0.25, 0.3) is 0 Å². The zero-order valence-electron chi connectivity index (χ0n) is 12.4. The van der Waals surface area contributed by atoms with Crippen LogP contribution in [0.15, 0.2) is 42.5 Å². The molecule has 6 heteroatoms. The highest BCUT2D eigenvalue weighted by Crippen LogP contribution is 2.20. The van der Waals surface area contributed by atoms with Gasteiger partial charge in [0.2, 0.25) is 0 Å². The lowest BCUT2D eigenvalue weighted by Gasteiger charge is -2.10. The molecule has 0 aromatic heterocycles. The number of carbonyl (C=O) groups excluding carboxylic acids is 2. The van der Waals surface area contributed by atoms with Crippen LogP contribution in [0.2, 0.25) is 0 Å². The van der Waals surface area contributed by atoms with Gasteiger partial charge in [0.1, 0.15) is 17.4 Å². The Hall–Kier alpha value is -2.76. The van der Waals surface area contributed by atoms with Gasteiger partial charge in [-0.05, 0) is 42.8 Å². The number of hydrogen-bond donors (Lipinski definition) is 1. The van der Waals surface area contributed by atoms with Gasteiger partial charge in [-0.3, -0.25) is 9.59 Å². The van der Waals surface area contributed by atoms with Crippen LogP contribution in [0.4, 0.5) is 8.78 Å². The Morgan fingerprint density at radius 2 is 1.70 bits per heavy atom. The lowest BCUT2D eigenvalue weighted by molar-refractivity contribution is -0.123. The van der Waals surface area contributed by atoms with E-state index in [9.17, 15) is 18.4 Å². The Morgan fingerprint density at radius 1 is 1.04 bits per heavy atom. The van der Waals surface area contributed by atoms with E-state index in [1.165, 1.54) is 25.1 Å². The lowest BCUT2D eigenvalue weighted by Crippen LogP contribution is -2.28. The van der Waals surface area contributed by atoms with Crippen LogP contribution in [0, 0.1) is 11.6 Å². The molecule has 23 heavy (non-hydrogen) atoms. The zero-order valence-corrected chi connectivity index (χ0v) is 12.4. The van der Waals surface area contributed by atoms with E-state index in [4.69, 9.17) is 4.74 Å². The minimum Gasteiger partial charge on any atom is -0.483 e. The molecule has 0 fully saturated rings. The highest BCUT2D eigenvalue weighted by molar-refractivity contribution is 5.96. The van der Waals surface area contributed by atoms with E-state index in [0.717, 1.165) is 17.7 Å². The molecule has 1 N–H and O–H groups in total. The fourth-order valence-corrected chi connectivity index (χ4v) is 1.90. The van der Waals surface area contributed by atoms with Crippen LogP contribution < -0.4 is 10.1 Å². The van der Waals surface area contributed by atoms with Crippen LogP contribution in [-0.2, 0) is 11.3 Å². The molecule has 0 aliphatic rings. The van der Waals surface area contributed by atoms with Gasteiger partial charge in [0.25, 0.3) is 5.91 Å². The maximum atomic E-state index is 13.1. The molecule has 0 saturated carbocycles. The van der Waals surface area contributed by atoms with Crippen molar-refractivity contribution in [3.8, 4) is 5.75 Å². The molecule has 1 amide bonds. The lowest BCUT2D eigenvalue weighted by atomic mass is 10.1. The molecule has 0 atom stereocenters. The number of rotatable bonds is 6. The second kappa shape index (κ2) is 7.49. The summed E-state index contributed by atoms with van der Waals surface area (Å²) >= 11 is 0. The van der Waals surface area contributed by atoms with E-state index in [2.05, 4.69) is 5.32 Å². The van der Waals surface area contributed by atoms with E-state index in [-0.39, 0.29) is 36.1 Å². The first-order chi connectivity index (χ1) is 11.0. The zero-order chi connectivity index (χ0) is 16.8. The molecular formula is C17H15F2NO3. The minimum atomic E-state index is -0.552. The van der Waals surface area contributed by atoms with Crippen LogP contribution in [0.3, 0.4) is 0 Å². The van der Waals surface area contributed by atoms with Gasteiger partial charge in [0.15, 0.2) is 12.4 Å². The standard InChI is InChI=1S/C17H15F2NO3/c1-11(21)15-8-14(19)6-7-16(15)23-10-17(22)20-9-12-2-4-13(18)5-3-12/h2-8H,9-10H2,1H3,(H,20,22). The molecule has 0 heterocycles. The average Bonchev–Trinajstić information content (AvgIpc) is 2.53. The number of amides is 1. The van der Waals surface area contributed by atoms with Crippen molar-refractivity contribution in [1.29, 1.82) is 0 Å². The highest BCUT2D eigenvalue weighted by Gasteiger charge is 2.11. The predicted molar refractivity (Wildman–Crippen MR) is 80.1 cm³/mol. The average molecular weight is 319 g/mol. The van der Waals surface area contributed by atoms with E-state index >= 15 is 0 Å². The molecule has 0 aliphatic carbocycles. The number of nitrogens with one attached hydrogen (secondary N) is 1. The van der Waals surface area contributed by atoms with Crippen molar-refractivity contribution in [3.05, 3.63) is 65.2 Å². The van der Waals surface area contributed by atoms with Crippen molar-refractivity contribution >= 4 is 11.7 Å². The summed E-state index contributed by atoms with van der Waals surface area (Å²) in [6, 6.07) is 9.24. The third-order valence-electron chi connectivity index (χ3n) is 3.08. The molecular weight excluding hydrogens is 304 g/mol. The van der Waals surface area contributed by atoms with Crippen molar-refractivity contribution in [2.24, 2.45) is 0 Å². The number of ketones is 1. The number of benzene rings is 2. The molecule has 2 aromatic rings. The number of carbonyl (C=O) groups is 2. The molecule has 2 aromatic carbocycles. The fraction of sp³-hybridized carbons (Fsp3) is 0.176. The van der Waals surface area contributed by atoms with Gasteiger partial charge in [-0.15, -0.1) is 0 Å². The Labute approximate surface area is 132 Å². The highest BCUT2D eigenvalue weighted by atomic mass is 19.1. The third-order valence-corrected chi connectivity index (χ3v) is 3.08. The fourth-order valence-electron chi connectivity index (χ4n) is 1.90. The molecule has 0 spiro atoms. The van der Waals surface area contributed by atoms with Crippen molar-refractivity contribution in [1.82, 2.24) is 5.32 Å². The van der Waals surface area contributed by atoms with Gasteiger partial charge in [0, 0.05) is 6.54 Å². The van der Waals surface area contributed by atoms with Crippen LogP contribution >= 0.6 is 0 Å². The summed E-state index contributed by atoms with van der Waals surface area (Å²) in [4.78, 5) is 23.2. The molecule has 2 rings (SSSR count). The van der Waals surface area contributed by atoms with E-state index in [1.807, 2.05) is 0 Å². The summed E-state index contributed by atoms with van der Waals surface area (Å²) in [5.74, 6) is -1.52. The summed E-state index contributed by atoms with van der Waals surface area (Å²) in [7, 11) is 0. The van der Waals surface area contributed by atoms with E-state index in [0.29, 0.717) is 0 Å². The van der Waals surface area contributed by atoms with Gasteiger partial charge < -0.3 is 10.1 Å². The Kier molecular flexibility index (Phi) is 5.41. The summed E-state index contributed by atoms with van der Waals surface area (Å²) < 4.78 is 31.2. The summed E-state index contributed by atoms with van der Waals surface area (Å²) in [6.45, 7) is 1.20. The minimum absolute atomic E-state index is 0.0799. The Bertz CT molecular complexity index is 714. The molecule has 4 nitrogen and oxygen atoms in total. The maximum Gasteiger partial charge on any atom is 0.258 e. The monoisotopic (exact) mass is 319 g/mol. The summed E-state index contributed by atoms with van der Waals surface area (Å²) in [6.07, 6.45) is 0. The first kappa shape index (κ1) is 16.6. The second-order valence-corrected chi connectivity index (χ2v) is 4.89. The van der Waals surface area contributed by atoms with Gasteiger partial charge in [-0.1, -0.05) is 12.1 Å². The number of Topliss-reactive ketones (excluding diaryl/α,β-unsaturated/α-hetero) is 1. The number of hydrogen-bond acceptors (Lipinski definition) is 3. The molecule has 0 bridgehead atoms. The second-order valence-electron chi connectivity index (χ2n) is 4.89. The van der Waals surface area contributed by atoms with Crippen molar-refractivity contribution in [2.45, 2.75) is 13.5 Å². The maximum absolute atomic E-state index is 13.1. The molecule has 120 valence electrons. The van der Waals surface area contributed by atoms with Crippen molar-refractivity contribution in [2.75, 3.05) is 6.61 Å². The Morgan fingerprint density at radius 3 is 2.35 bits per heavy atom. The van der Waals surface area contributed by atoms with Crippen molar-refractivity contribution in [3.63, 3.8) is 0 Å². The molecule has 0 unspecified atom stereocenters. The first-order valence-corrected chi connectivity index (χ1v) is 6.90. The van der Waals surface area contributed by atoms with E-state index in [1.54, 1.807) is 12.1 Å².